The van der Waals surface area contributed by atoms with E-state index in [9.17, 15) is 14.4 Å². The Morgan fingerprint density at radius 2 is 1.64 bits per heavy atom. The normalized spacial score (nSPS) is 14.2. The van der Waals surface area contributed by atoms with Gasteiger partial charge in [0.1, 0.15) is 0 Å². The maximum absolute atomic E-state index is 12.0. The zero-order valence-corrected chi connectivity index (χ0v) is 12.9. The van der Waals surface area contributed by atoms with Gasteiger partial charge >= 0.3 is 5.97 Å². The number of hydrogen-bond donors (Lipinski definition) is 0. The summed E-state index contributed by atoms with van der Waals surface area (Å²) in [4.78, 5) is 40.6. The zero-order chi connectivity index (χ0) is 16.3. The number of carbonyl (C=O) groups excluding carboxylic acids is 3. The van der Waals surface area contributed by atoms with Crippen LogP contribution in [0.4, 0.5) is 0 Å². The SMILES string of the molecule is CC(C)(C)OCCCC(=O)ON1C(=O)c2ccccc2C1=O. The minimum Gasteiger partial charge on any atom is -0.376 e. The summed E-state index contributed by atoms with van der Waals surface area (Å²) in [5.41, 5.74) is 0.222. The van der Waals surface area contributed by atoms with Gasteiger partial charge in [-0.3, -0.25) is 9.59 Å². The number of amides is 2. The summed E-state index contributed by atoms with van der Waals surface area (Å²) in [6, 6.07) is 6.36. The van der Waals surface area contributed by atoms with Crippen LogP contribution in [0, 0.1) is 0 Å². The van der Waals surface area contributed by atoms with E-state index in [1.165, 1.54) is 12.1 Å². The predicted molar refractivity (Wildman–Crippen MR) is 78.0 cm³/mol. The molecule has 0 atom stereocenters. The number of fused-ring (bicyclic) bond motifs is 1. The quantitative estimate of drug-likeness (QED) is 0.616. The molecule has 6 nitrogen and oxygen atoms in total. The Labute approximate surface area is 129 Å². The maximum Gasteiger partial charge on any atom is 0.333 e. The van der Waals surface area contributed by atoms with E-state index in [1.54, 1.807) is 12.1 Å². The molecule has 0 N–H and O–H groups in total. The van der Waals surface area contributed by atoms with Crippen molar-refractivity contribution in [3.63, 3.8) is 0 Å². The molecule has 0 unspecified atom stereocenters. The Hall–Kier alpha value is -2.21. The number of hydrogen-bond acceptors (Lipinski definition) is 5. The fourth-order valence-corrected chi connectivity index (χ4v) is 1.99. The first-order valence-corrected chi connectivity index (χ1v) is 7.12. The average Bonchev–Trinajstić information content (AvgIpc) is 2.68. The summed E-state index contributed by atoms with van der Waals surface area (Å²) in [6.07, 6.45) is 0.531. The second-order valence-corrected chi connectivity index (χ2v) is 5.98. The van der Waals surface area contributed by atoms with E-state index >= 15 is 0 Å². The highest BCUT2D eigenvalue weighted by molar-refractivity contribution is 6.20. The van der Waals surface area contributed by atoms with E-state index < -0.39 is 17.8 Å². The van der Waals surface area contributed by atoms with Crippen LogP contribution >= 0.6 is 0 Å². The van der Waals surface area contributed by atoms with Crippen LogP contribution in [0.15, 0.2) is 24.3 Å². The van der Waals surface area contributed by atoms with E-state index in [0.29, 0.717) is 18.1 Å². The van der Waals surface area contributed by atoms with Crippen LogP contribution < -0.4 is 0 Å². The summed E-state index contributed by atoms with van der Waals surface area (Å²) in [7, 11) is 0. The predicted octanol–water partition coefficient (Wildman–Crippen LogP) is 2.34. The summed E-state index contributed by atoms with van der Waals surface area (Å²) >= 11 is 0. The Morgan fingerprint density at radius 1 is 1.09 bits per heavy atom. The van der Waals surface area contributed by atoms with Gasteiger partial charge in [-0.15, -0.1) is 0 Å². The monoisotopic (exact) mass is 305 g/mol. The molecule has 0 bridgehead atoms. The van der Waals surface area contributed by atoms with E-state index in [1.807, 2.05) is 20.8 Å². The lowest BCUT2D eigenvalue weighted by Gasteiger charge is -2.19. The van der Waals surface area contributed by atoms with Gasteiger partial charge in [-0.1, -0.05) is 17.2 Å². The molecule has 1 heterocycles. The third kappa shape index (κ3) is 3.71. The minimum atomic E-state index is -0.632. The van der Waals surface area contributed by atoms with Crippen molar-refractivity contribution in [1.82, 2.24) is 5.06 Å². The highest BCUT2D eigenvalue weighted by Gasteiger charge is 2.38. The highest BCUT2D eigenvalue weighted by Crippen LogP contribution is 2.22. The van der Waals surface area contributed by atoms with E-state index in [2.05, 4.69) is 0 Å². The van der Waals surface area contributed by atoms with Crippen molar-refractivity contribution in [2.75, 3.05) is 6.61 Å². The van der Waals surface area contributed by atoms with Crippen LogP contribution in [0.2, 0.25) is 0 Å². The van der Waals surface area contributed by atoms with Gasteiger partial charge in [0.05, 0.1) is 23.1 Å². The lowest BCUT2D eigenvalue weighted by molar-refractivity contribution is -0.169. The van der Waals surface area contributed by atoms with Crippen molar-refractivity contribution in [3.8, 4) is 0 Å². The first-order chi connectivity index (χ1) is 10.3. The van der Waals surface area contributed by atoms with E-state index in [0.717, 1.165) is 0 Å². The third-order valence-corrected chi connectivity index (χ3v) is 3.01. The number of hydroxylamine groups is 2. The second-order valence-electron chi connectivity index (χ2n) is 5.98. The summed E-state index contributed by atoms with van der Waals surface area (Å²) in [5, 5.41) is 0.525. The number of imide groups is 1. The molecule has 1 aliphatic heterocycles. The molecule has 0 spiro atoms. The first-order valence-electron chi connectivity index (χ1n) is 7.12. The molecule has 22 heavy (non-hydrogen) atoms. The largest absolute Gasteiger partial charge is 0.376 e. The lowest BCUT2D eigenvalue weighted by atomic mass is 10.1. The summed E-state index contributed by atoms with van der Waals surface area (Å²) in [5.74, 6) is -1.85. The zero-order valence-electron chi connectivity index (χ0n) is 12.9. The molecular formula is C16H19NO5. The van der Waals surface area contributed by atoms with Crippen molar-refractivity contribution in [1.29, 1.82) is 0 Å². The molecule has 0 radical (unpaired) electrons. The number of carbonyl (C=O) groups is 3. The van der Waals surface area contributed by atoms with Crippen LogP contribution in [-0.2, 0) is 14.4 Å². The van der Waals surface area contributed by atoms with Crippen LogP contribution in [0.5, 0.6) is 0 Å². The Morgan fingerprint density at radius 3 is 2.14 bits per heavy atom. The second kappa shape index (κ2) is 6.27. The van der Waals surface area contributed by atoms with Crippen LogP contribution in [0.25, 0.3) is 0 Å². The smallest absolute Gasteiger partial charge is 0.333 e. The Kier molecular flexibility index (Phi) is 4.61. The molecule has 0 saturated carbocycles. The van der Waals surface area contributed by atoms with Gasteiger partial charge in [-0.05, 0) is 39.3 Å². The average molecular weight is 305 g/mol. The Balaban J connectivity index is 1.86. The maximum atomic E-state index is 12.0. The van der Waals surface area contributed by atoms with Crippen LogP contribution in [0.1, 0.15) is 54.3 Å². The molecule has 118 valence electrons. The molecule has 2 rings (SSSR count). The van der Waals surface area contributed by atoms with Crippen molar-refractivity contribution >= 4 is 17.8 Å². The van der Waals surface area contributed by atoms with Crippen molar-refractivity contribution in [2.45, 2.75) is 39.2 Å². The number of rotatable bonds is 5. The fraction of sp³-hybridized carbons (Fsp3) is 0.438. The summed E-state index contributed by atoms with van der Waals surface area (Å²) in [6.45, 7) is 6.17. The fourth-order valence-electron chi connectivity index (χ4n) is 1.99. The number of nitrogens with zero attached hydrogens (tertiary/aromatic N) is 1. The van der Waals surface area contributed by atoms with Gasteiger partial charge in [0.15, 0.2) is 0 Å². The molecular weight excluding hydrogens is 286 g/mol. The Bertz CT molecular complexity index is 568. The van der Waals surface area contributed by atoms with Gasteiger partial charge in [-0.25, -0.2) is 4.79 Å². The van der Waals surface area contributed by atoms with Gasteiger partial charge in [0.25, 0.3) is 11.8 Å². The molecule has 0 aliphatic carbocycles. The molecule has 0 saturated heterocycles. The van der Waals surface area contributed by atoms with Crippen molar-refractivity contribution in [3.05, 3.63) is 35.4 Å². The minimum absolute atomic E-state index is 0.0729. The highest BCUT2D eigenvalue weighted by atomic mass is 16.7. The third-order valence-electron chi connectivity index (χ3n) is 3.01. The molecule has 0 fully saturated rings. The molecule has 1 aliphatic rings. The van der Waals surface area contributed by atoms with E-state index in [-0.39, 0.29) is 23.1 Å². The van der Waals surface area contributed by atoms with Gasteiger partial charge in [0, 0.05) is 6.61 Å². The summed E-state index contributed by atoms with van der Waals surface area (Å²) < 4.78 is 5.49. The van der Waals surface area contributed by atoms with Crippen LogP contribution in [0.3, 0.4) is 0 Å². The number of ether oxygens (including phenoxy) is 1. The van der Waals surface area contributed by atoms with Gasteiger partial charge in [-0.2, -0.15) is 0 Å². The molecule has 0 aromatic heterocycles. The molecule has 1 aromatic rings. The van der Waals surface area contributed by atoms with E-state index in [4.69, 9.17) is 9.57 Å². The lowest BCUT2D eigenvalue weighted by Crippen LogP contribution is -2.32. The van der Waals surface area contributed by atoms with Gasteiger partial charge < -0.3 is 9.57 Å². The standard InChI is InChI=1S/C16H19NO5/c1-16(2,3)21-10-6-9-13(18)22-17-14(19)11-7-4-5-8-12(11)15(17)20/h4-5,7-8H,6,9-10H2,1-3H3. The molecule has 2 amide bonds. The van der Waals surface area contributed by atoms with Gasteiger partial charge in [0.2, 0.25) is 0 Å². The number of benzene rings is 1. The molecule has 6 heteroatoms. The first kappa shape index (κ1) is 16.2. The van der Waals surface area contributed by atoms with Crippen LogP contribution in [-0.4, -0.2) is 35.1 Å². The molecule has 1 aromatic carbocycles. The topological polar surface area (TPSA) is 72.9 Å². The van der Waals surface area contributed by atoms with Crippen molar-refractivity contribution < 1.29 is 24.0 Å². The van der Waals surface area contributed by atoms with Crippen molar-refractivity contribution in [2.24, 2.45) is 0 Å².